The van der Waals surface area contributed by atoms with Gasteiger partial charge in [0.25, 0.3) is 0 Å². The quantitative estimate of drug-likeness (QED) is 0.809. The number of halogens is 1. The molecule has 1 amide bonds. The molecule has 22 heavy (non-hydrogen) atoms. The van der Waals surface area contributed by atoms with E-state index in [9.17, 15) is 9.59 Å². The Hall–Kier alpha value is -1.59. The van der Waals surface area contributed by atoms with Crippen LogP contribution in [0.1, 0.15) is 25.3 Å². The van der Waals surface area contributed by atoms with E-state index in [2.05, 4.69) is 5.32 Å². The maximum Gasteiger partial charge on any atom is 0.308 e. The Morgan fingerprint density at radius 2 is 2.09 bits per heavy atom. The second-order valence-electron chi connectivity index (χ2n) is 5.18. The summed E-state index contributed by atoms with van der Waals surface area (Å²) in [5, 5.41) is 3.09. The topological polar surface area (TPSA) is 58.6 Å². The van der Waals surface area contributed by atoms with Gasteiger partial charge in [0.1, 0.15) is 6.61 Å². The summed E-state index contributed by atoms with van der Waals surface area (Å²) in [6, 6.07) is 9.07. The summed E-state index contributed by atoms with van der Waals surface area (Å²) in [6.07, 6.45) is 1.02. The van der Waals surface area contributed by atoms with Crippen molar-refractivity contribution in [2.75, 3.05) is 19.6 Å². The maximum absolute atomic E-state index is 12.2. The van der Waals surface area contributed by atoms with E-state index in [4.69, 9.17) is 4.74 Å². The molecule has 1 aromatic rings. The number of rotatable bonds is 6. The van der Waals surface area contributed by atoms with Crippen molar-refractivity contribution in [2.24, 2.45) is 0 Å². The second-order valence-corrected chi connectivity index (χ2v) is 5.18. The van der Waals surface area contributed by atoms with E-state index in [0.717, 1.165) is 25.1 Å². The number of nitrogens with zero attached hydrogens (tertiary/aromatic N) is 1. The molecule has 1 fully saturated rings. The van der Waals surface area contributed by atoms with E-state index < -0.39 is 6.04 Å². The van der Waals surface area contributed by atoms with E-state index in [0.29, 0.717) is 6.54 Å². The first kappa shape index (κ1) is 18.5. The maximum atomic E-state index is 12.2. The lowest BCUT2D eigenvalue weighted by atomic mass is 10.1. The molecule has 1 aromatic carbocycles. The first-order valence-corrected chi connectivity index (χ1v) is 7.42. The van der Waals surface area contributed by atoms with Crippen LogP contribution in [0.4, 0.5) is 0 Å². The number of hydrogen-bond acceptors (Lipinski definition) is 4. The largest absolute Gasteiger partial charge is 0.461 e. The van der Waals surface area contributed by atoms with Crippen molar-refractivity contribution < 1.29 is 14.3 Å². The van der Waals surface area contributed by atoms with Crippen molar-refractivity contribution in [1.82, 2.24) is 10.2 Å². The number of ether oxygens (including phenoxy) is 1. The Balaban J connectivity index is 0.00000242. The van der Waals surface area contributed by atoms with Gasteiger partial charge in [-0.05, 0) is 12.0 Å². The van der Waals surface area contributed by atoms with Gasteiger partial charge in [0.2, 0.25) is 5.91 Å². The lowest BCUT2D eigenvalue weighted by molar-refractivity contribution is -0.149. The molecule has 5 nitrogen and oxygen atoms in total. The minimum atomic E-state index is -0.450. The minimum Gasteiger partial charge on any atom is -0.461 e. The third-order valence-corrected chi connectivity index (χ3v) is 3.49. The predicted octanol–water partition coefficient (Wildman–Crippen LogP) is 1.75. The third-order valence-electron chi connectivity index (χ3n) is 3.49. The summed E-state index contributed by atoms with van der Waals surface area (Å²) in [7, 11) is 0. The smallest absolute Gasteiger partial charge is 0.308 e. The summed E-state index contributed by atoms with van der Waals surface area (Å²) >= 11 is 0. The number of amides is 1. The number of nitrogens with one attached hydrogen (secondary N) is 1. The van der Waals surface area contributed by atoms with Crippen LogP contribution in [0.3, 0.4) is 0 Å². The lowest BCUT2D eigenvalue weighted by Crippen LogP contribution is -2.55. The molecular weight excluding hydrogens is 304 g/mol. The molecule has 2 rings (SSSR count). The highest BCUT2D eigenvalue weighted by atomic mass is 35.5. The summed E-state index contributed by atoms with van der Waals surface area (Å²) in [5.41, 5.74) is 0.946. The fraction of sp³-hybridized carbons (Fsp3) is 0.500. The van der Waals surface area contributed by atoms with Gasteiger partial charge in [0, 0.05) is 19.6 Å². The van der Waals surface area contributed by atoms with Crippen LogP contribution in [-0.2, 0) is 20.9 Å². The summed E-state index contributed by atoms with van der Waals surface area (Å²) < 4.78 is 5.22. The molecule has 1 aliphatic heterocycles. The SMILES string of the molecule is CCCN1CCNC(CC(=O)OCc2ccccc2)C1=O.Cl. The Kier molecular flexibility index (Phi) is 7.91. The number of piperazine rings is 1. The average molecular weight is 327 g/mol. The number of carbonyl (C=O) groups is 2. The Morgan fingerprint density at radius 1 is 1.36 bits per heavy atom. The molecule has 0 aliphatic carbocycles. The van der Waals surface area contributed by atoms with Crippen LogP contribution in [-0.4, -0.2) is 42.5 Å². The monoisotopic (exact) mass is 326 g/mol. The van der Waals surface area contributed by atoms with Crippen LogP contribution >= 0.6 is 12.4 Å². The first-order chi connectivity index (χ1) is 10.2. The van der Waals surface area contributed by atoms with Gasteiger partial charge in [-0.3, -0.25) is 9.59 Å². The predicted molar refractivity (Wildman–Crippen MR) is 86.8 cm³/mol. The van der Waals surface area contributed by atoms with Crippen LogP contribution in [0.2, 0.25) is 0 Å². The zero-order valence-corrected chi connectivity index (χ0v) is 13.6. The van der Waals surface area contributed by atoms with Crippen molar-refractivity contribution in [2.45, 2.75) is 32.4 Å². The molecule has 122 valence electrons. The highest BCUT2D eigenvalue weighted by Crippen LogP contribution is 2.08. The lowest BCUT2D eigenvalue weighted by Gasteiger charge is -2.32. The zero-order valence-electron chi connectivity index (χ0n) is 12.8. The molecule has 1 saturated heterocycles. The van der Waals surface area contributed by atoms with Crippen molar-refractivity contribution in [3.05, 3.63) is 35.9 Å². The minimum absolute atomic E-state index is 0. The van der Waals surface area contributed by atoms with Crippen LogP contribution < -0.4 is 5.32 Å². The van der Waals surface area contributed by atoms with Crippen molar-refractivity contribution in [1.29, 1.82) is 0 Å². The Morgan fingerprint density at radius 3 is 2.77 bits per heavy atom. The average Bonchev–Trinajstić information content (AvgIpc) is 2.50. The molecule has 1 atom stereocenters. The first-order valence-electron chi connectivity index (χ1n) is 7.42. The van der Waals surface area contributed by atoms with E-state index in [1.54, 1.807) is 0 Å². The molecule has 0 saturated carbocycles. The normalized spacial score (nSPS) is 17.8. The highest BCUT2D eigenvalue weighted by Gasteiger charge is 2.29. The Labute approximate surface area is 137 Å². The van der Waals surface area contributed by atoms with Crippen molar-refractivity contribution in [3.63, 3.8) is 0 Å². The molecule has 1 N–H and O–H groups in total. The second kappa shape index (κ2) is 9.43. The summed E-state index contributed by atoms with van der Waals surface area (Å²) in [5.74, 6) is -0.345. The van der Waals surface area contributed by atoms with Gasteiger partial charge in [0.05, 0.1) is 12.5 Å². The zero-order chi connectivity index (χ0) is 15.1. The molecule has 6 heteroatoms. The van der Waals surface area contributed by atoms with E-state index >= 15 is 0 Å². The van der Waals surface area contributed by atoms with Gasteiger partial charge >= 0.3 is 5.97 Å². The summed E-state index contributed by atoms with van der Waals surface area (Å²) in [6.45, 7) is 4.47. The van der Waals surface area contributed by atoms with Crippen molar-refractivity contribution in [3.8, 4) is 0 Å². The number of carbonyl (C=O) groups excluding carboxylic acids is 2. The summed E-state index contributed by atoms with van der Waals surface area (Å²) in [4.78, 5) is 25.9. The van der Waals surface area contributed by atoms with Crippen LogP contribution in [0.5, 0.6) is 0 Å². The van der Waals surface area contributed by atoms with Gasteiger partial charge in [-0.15, -0.1) is 12.4 Å². The molecule has 1 aliphatic rings. The van der Waals surface area contributed by atoms with E-state index in [-0.39, 0.29) is 37.3 Å². The fourth-order valence-electron chi connectivity index (χ4n) is 2.41. The molecule has 0 radical (unpaired) electrons. The number of hydrogen-bond donors (Lipinski definition) is 1. The van der Waals surface area contributed by atoms with E-state index in [1.807, 2.05) is 42.2 Å². The molecule has 0 aromatic heterocycles. The van der Waals surface area contributed by atoms with E-state index in [1.165, 1.54) is 0 Å². The van der Waals surface area contributed by atoms with Crippen molar-refractivity contribution >= 4 is 24.3 Å². The third kappa shape index (κ3) is 5.31. The molecule has 1 heterocycles. The van der Waals surface area contributed by atoms with Crippen LogP contribution in [0.25, 0.3) is 0 Å². The standard InChI is InChI=1S/C16H22N2O3.ClH/c1-2-9-18-10-8-17-14(16(18)20)11-15(19)21-12-13-6-4-3-5-7-13;/h3-7,14,17H,2,8-12H2,1H3;1H. The van der Waals surface area contributed by atoms with Gasteiger partial charge in [-0.1, -0.05) is 37.3 Å². The van der Waals surface area contributed by atoms with Gasteiger partial charge < -0.3 is 15.0 Å². The molecule has 0 spiro atoms. The Bertz CT molecular complexity index is 480. The van der Waals surface area contributed by atoms with Crippen LogP contribution in [0, 0.1) is 0 Å². The molecule has 0 bridgehead atoms. The fourth-order valence-corrected chi connectivity index (χ4v) is 2.41. The molecular formula is C16H23ClN2O3. The molecule has 1 unspecified atom stereocenters. The van der Waals surface area contributed by atoms with Gasteiger partial charge in [-0.2, -0.15) is 0 Å². The highest BCUT2D eigenvalue weighted by molar-refractivity contribution is 5.87. The van der Waals surface area contributed by atoms with Crippen LogP contribution in [0.15, 0.2) is 30.3 Å². The number of esters is 1. The van der Waals surface area contributed by atoms with Gasteiger partial charge in [0.15, 0.2) is 0 Å². The van der Waals surface area contributed by atoms with Gasteiger partial charge in [-0.25, -0.2) is 0 Å². The number of benzene rings is 1.